The van der Waals surface area contributed by atoms with E-state index in [9.17, 15) is 4.79 Å². The van der Waals surface area contributed by atoms with Crippen molar-refractivity contribution in [1.29, 1.82) is 0 Å². The number of rotatable bonds is 7. The lowest BCUT2D eigenvalue weighted by Crippen LogP contribution is -2.23. The van der Waals surface area contributed by atoms with Crippen molar-refractivity contribution in [3.8, 4) is 0 Å². The first-order valence-corrected chi connectivity index (χ1v) is 6.04. The van der Waals surface area contributed by atoms with Crippen molar-refractivity contribution in [2.75, 3.05) is 32.2 Å². The number of benzene rings is 1. The van der Waals surface area contributed by atoms with Crippen LogP contribution in [0.5, 0.6) is 0 Å². The number of amides is 1. The van der Waals surface area contributed by atoms with E-state index in [0.29, 0.717) is 24.5 Å². The van der Waals surface area contributed by atoms with Gasteiger partial charge in [0.2, 0.25) is 5.91 Å². The van der Waals surface area contributed by atoms with Gasteiger partial charge >= 0.3 is 0 Å². The second kappa shape index (κ2) is 8.13. The molecule has 0 unspecified atom stereocenters. The number of nitrogens with zero attached hydrogens (tertiary/aromatic N) is 1. The van der Waals surface area contributed by atoms with Gasteiger partial charge in [-0.1, -0.05) is 17.3 Å². The quantitative estimate of drug-likeness (QED) is 0.224. The maximum Gasteiger partial charge on any atom is 0.250 e. The molecule has 7 heteroatoms. The Balaban J connectivity index is 2.72. The van der Waals surface area contributed by atoms with Gasteiger partial charge in [0.05, 0.1) is 18.9 Å². The Morgan fingerprint density at radius 2 is 2.20 bits per heavy atom. The second-order valence-electron chi connectivity index (χ2n) is 4.08. The van der Waals surface area contributed by atoms with E-state index in [1.54, 1.807) is 32.2 Å². The van der Waals surface area contributed by atoms with Gasteiger partial charge in [-0.15, -0.1) is 0 Å². The molecule has 0 aliphatic carbocycles. The number of nitrogens with two attached hydrogens (primary N) is 1. The number of amidine groups is 1. The van der Waals surface area contributed by atoms with Crippen LogP contribution < -0.4 is 11.1 Å². The topological polar surface area (TPSA) is 106 Å². The SMILES string of the molecule is COCCOCC(=O)Nc1cccc(C)c1/C(N)=N/O. The molecule has 0 bridgehead atoms. The van der Waals surface area contributed by atoms with E-state index in [1.807, 2.05) is 0 Å². The number of oxime groups is 1. The molecule has 20 heavy (non-hydrogen) atoms. The lowest BCUT2D eigenvalue weighted by Gasteiger charge is -2.12. The molecule has 110 valence electrons. The van der Waals surface area contributed by atoms with Crippen molar-refractivity contribution in [2.45, 2.75) is 6.92 Å². The summed E-state index contributed by atoms with van der Waals surface area (Å²) in [6, 6.07) is 5.25. The average Bonchev–Trinajstić information content (AvgIpc) is 2.43. The number of aryl methyl sites for hydroxylation is 1. The minimum absolute atomic E-state index is 0.0568. The lowest BCUT2D eigenvalue weighted by atomic mass is 10.1. The van der Waals surface area contributed by atoms with Crippen LogP contribution in [-0.2, 0) is 14.3 Å². The molecule has 0 aliphatic rings. The zero-order valence-electron chi connectivity index (χ0n) is 11.5. The summed E-state index contributed by atoms with van der Waals surface area (Å²) in [6.45, 7) is 2.48. The molecule has 0 atom stereocenters. The van der Waals surface area contributed by atoms with E-state index in [0.717, 1.165) is 5.56 Å². The van der Waals surface area contributed by atoms with Crippen LogP contribution in [0.15, 0.2) is 23.4 Å². The molecule has 1 aromatic rings. The van der Waals surface area contributed by atoms with Crippen molar-refractivity contribution in [3.63, 3.8) is 0 Å². The molecule has 0 spiro atoms. The third-order valence-corrected chi connectivity index (χ3v) is 2.58. The Kier molecular flexibility index (Phi) is 6.48. The molecular weight excluding hydrogens is 262 g/mol. The minimum Gasteiger partial charge on any atom is -0.409 e. The second-order valence-corrected chi connectivity index (χ2v) is 4.08. The fourth-order valence-electron chi connectivity index (χ4n) is 1.66. The van der Waals surface area contributed by atoms with Gasteiger partial charge in [0.25, 0.3) is 0 Å². The predicted molar refractivity (Wildman–Crippen MR) is 75.0 cm³/mol. The minimum atomic E-state index is -0.321. The highest BCUT2D eigenvalue weighted by Gasteiger charge is 2.12. The van der Waals surface area contributed by atoms with Crippen LogP contribution >= 0.6 is 0 Å². The number of nitrogens with one attached hydrogen (secondary N) is 1. The van der Waals surface area contributed by atoms with E-state index >= 15 is 0 Å². The maximum atomic E-state index is 11.7. The molecule has 0 fully saturated rings. The highest BCUT2D eigenvalue weighted by atomic mass is 16.5. The fourth-order valence-corrected chi connectivity index (χ4v) is 1.66. The average molecular weight is 281 g/mol. The zero-order chi connectivity index (χ0) is 15.0. The predicted octanol–water partition coefficient (Wildman–Crippen LogP) is 0.691. The van der Waals surface area contributed by atoms with Crippen molar-refractivity contribution in [3.05, 3.63) is 29.3 Å². The number of hydrogen-bond donors (Lipinski definition) is 3. The summed E-state index contributed by atoms with van der Waals surface area (Å²) in [5, 5.41) is 14.4. The number of anilines is 1. The van der Waals surface area contributed by atoms with Crippen LogP contribution in [-0.4, -0.2) is 43.9 Å². The van der Waals surface area contributed by atoms with Crippen molar-refractivity contribution < 1.29 is 19.5 Å². The van der Waals surface area contributed by atoms with Crippen molar-refractivity contribution in [2.24, 2.45) is 10.9 Å². The van der Waals surface area contributed by atoms with Crippen molar-refractivity contribution >= 4 is 17.4 Å². The number of carbonyl (C=O) groups excluding carboxylic acids is 1. The molecule has 0 radical (unpaired) electrons. The first-order valence-electron chi connectivity index (χ1n) is 6.04. The number of ether oxygens (including phenoxy) is 2. The van der Waals surface area contributed by atoms with Gasteiger partial charge < -0.3 is 25.7 Å². The highest BCUT2D eigenvalue weighted by Crippen LogP contribution is 2.19. The van der Waals surface area contributed by atoms with E-state index < -0.39 is 0 Å². The summed E-state index contributed by atoms with van der Waals surface area (Å²) < 4.78 is 9.92. The molecule has 4 N–H and O–H groups in total. The third kappa shape index (κ3) is 4.52. The maximum absolute atomic E-state index is 11.7. The first-order chi connectivity index (χ1) is 9.60. The summed E-state index contributed by atoms with van der Waals surface area (Å²) in [6.07, 6.45) is 0. The monoisotopic (exact) mass is 281 g/mol. The van der Waals surface area contributed by atoms with Gasteiger partial charge in [0.1, 0.15) is 6.61 Å². The van der Waals surface area contributed by atoms with Crippen LogP contribution in [0.25, 0.3) is 0 Å². The molecular formula is C13H19N3O4. The molecule has 0 saturated carbocycles. The summed E-state index contributed by atoms with van der Waals surface area (Å²) >= 11 is 0. The summed E-state index contributed by atoms with van der Waals surface area (Å²) in [7, 11) is 1.56. The van der Waals surface area contributed by atoms with Crippen LogP contribution in [0.2, 0.25) is 0 Å². The summed E-state index contributed by atoms with van der Waals surface area (Å²) in [4.78, 5) is 11.7. The Labute approximate surface area is 117 Å². The molecule has 0 saturated heterocycles. The van der Waals surface area contributed by atoms with E-state index in [2.05, 4.69) is 10.5 Å². The number of methoxy groups -OCH3 is 1. The Morgan fingerprint density at radius 1 is 1.45 bits per heavy atom. The van der Waals surface area contributed by atoms with Crippen LogP contribution in [0.3, 0.4) is 0 Å². The molecule has 0 aromatic heterocycles. The highest BCUT2D eigenvalue weighted by molar-refractivity contribution is 6.06. The van der Waals surface area contributed by atoms with Crippen LogP contribution in [0.4, 0.5) is 5.69 Å². The Hall–Kier alpha value is -2.12. The van der Waals surface area contributed by atoms with Crippen LogP contribution in [0, 0.1) is 6.92 Å². The van der Waals surface area contributed by atoms with E-state index in [-0.39, 0.29) is 18.3 Å². The van der Waals surface area contributed by atoms with E-state index in [1.165, 1.54) is 0 Å². The third-order valence-electron chi connectivity index (χ3n) is 2.58. The normalized spacial score (nSPS) is 11.4. The zero-order valence-corrected chi connectivity index (χ0v) is 11.5. The Bertz CT molecular complexity index is 489. The molecule has 0 aliphatic heterocycles. The fraction of sp³-hybridized carbons (Fsp3) is 0.385. The number of hydrogen-bond acceptors (Lipinski definition) is 5. The molecule has 0 heterocycles. The van der Waals surface area contributed by atoms with E-state index in [4.69, 9.17) is 20.4 Å². The molecule has 1 amide bonds. The molecule has 1 aromatic carbocycles. The van der Waals surface area contributed by atoms with Gasteiger partial charge in [-0.3, -0.25) is 4.79 Å². The van der Waals surface area contributed by atoms with Gasteiger partial charge in [0.15, 0.2) is 5.84 Å². The molecule has 7 nitrogen and oxygen atoms in total. The van der Waals surface area contributed by atoms with Gasteiger partial charge in [-0.2, -0.15) is 0 Å². The van der Waals surface area contributed by atoms with Gasteiger partial charge in [-0.05, 0) is 18.6 Å². The summed E-state index contributed by atoms with van der Waals surface area (Å²) in [5.41, 5.74) is 7.36. The molecule has 1 rings (SSSR count). The smallest absolute Gasteiger partial charge is 0.250 e. The van der Waals surface area contributed by atoms with Crippen molar-refractivity contribution in [1.82, 2.24) is 0 Å². The largest absolute Gasteiger partial charge is 0.409 e. The Morgan fingerprint density at radius 3 is 2.85 bits per heavy atom. The first kappa shape index (κ1) is 15.9. The van der Waals surface area contributed by atoms with Gasteiger partial charge in [-0.25, -0.2) is 0 Å². The van der Waals surface area contributed by atoms with Gasteiger partial charge in [0, 0.05) is 12.7 Å². The summed E-state index contributed by atoms with van der Waals surface area (Å²) in [5.74, 6) is -0.377. The lowest BCUT2D eigenvalue weighted by molar-refractivity contribution is -0.121. The number of carbonyl (C=O) groups is 1. The van der Waals surface area contributed by atoms with Crippen LogP contribution in [0.1, 0.15) is 11.1 Å². The standard InChI is InChI=1S/C13H19N3O4/c1-9-4-3-5-10(12(9)13(14)16-18)15-11(17)8-20-7-6-19-2/h3-5,18H,6-8H2,1-2H3,(H2,14,16)(H,15,17).